The Hall–Kier alpha value is -0.870. The van der Waals surface area contributed by atoms with E-state index in [0.29, 0.717) is 18.8 Å². The maximum Gasteiger partial charge on any atom is 0.139 e. The Morgan fingerprint density at radius 1 is 1.57 bits per heavy atom. The van der Waals surface area contributed by atoms with Gasteiger partial charge in [-0.05, 0) is 6.42 Å². The van der Waals surface area contributed by atoms with Crippen molar-refractivity contribution in [3.63, 3.8) is 0 Å². The van der Waals surface area contributed by atoms with Crippen molar-refractivity contribution >= 4 is 0 Å². The summed E-state index contributed by atoms with van der Waals surface area (Å²) in [7, 11) is 0. The average Bonchev–Trinajstić information content (AvgIpc) is 2.61. The van der Waals surface area contributed by atoms with Gasteiger partial charge in [-0.1, -0.05) is 18.5 Å². The summed E-state index contributed by atoms with van der Waals surface area (Å²) in [6.07, 6.45) is 2.72. The first kappa shape index (κ1) is 11.2. The summed E-state index contributed by atoms with van der Waals surface area (Å²) in [5, 5.41) is 12.5. The monoisotopic (exact) mass is 199 g/mol. The molecule has 14 heavy (non-hydrogen) atoms. The van der Waals surface area contributed by atoms with Crippen molar-refractivity contribution in [2.24, 2.45) is 0 Å². The zero-order valence-corrected chi connectivity index (χ0v) is 8.53. The van der Waals surface area contributed by atoms with Crippen molar-refractivity contribution in [1.29, 1.82) is 0 Å². The Bertz CT molecular complexity index is 247. The van der Waals surface area contributed by atoms with Crippen molar-refractivity contribution in [2.45, 2.75) is 32.8 Å². The lowest BCUT2D eigenvalue weighted by Crippen LogP contribution is -1.94. The highest BCUT2D eigenvalue weighted by atomic mass is 16.5. The second-order valence-electron chi connectivity index (χ2n) is 3.16. The fourth-order valence-electron chi connectivity index (χ4n) is 1.07. The fraction of sp³-hybridized carbons (Fsp3) is 0.700. The second kappa shape index (κ2) is 6.56. The van der Waals surface area contributed by atoms with Crippen molar-refractivity contribution in [3.8, 4) is 0 Å². The van der Waals surface area contributed by atoms with Crippen molar-refractivity contribution in [3.05, 3.63) is 17.5 Å². The number of aliphatic hydroxyl groups excluding tert-OH is 1. The molecule has 1 rings (SSSR count). The molecule has 0 spiro atoms. The predicted octanol–water partition coefficient (Wildman–Crippen LogP) is 1.53. The summed E-state index contributed by atoms with van der Waals surface area (Å²) >= 11 is 0. The van der Waals surface area contributed by atoms with Crippen LogP contribution in [0.4, 0.5) is 0 Å². The van der Waals surface area contributed by atoms with Crippen LogP contribution in [0.2, 0.25) is 0 Å². The van der Waals surface area contributed by atoms with E-state index in [0.717, 1.165) is 25.1 Å². The van der Waals surface area contributed by atoms with Crippen LogP contribution in [0.5, 0.6) is 0 Å². The minimum atomic E-state index is 0.0886. The van der Waals surface area contributed by atoms with Gasteiger partial charge in [0.05, 0.1) is 13.2 Å². The molecule has 0 radical (unpaired) electrons. The molecule has 0 saturated carbocycles. The molecular formula is C10H17NO3. The van der Waals surface area contributed by atoms with E-state index >= 15 is 0 Å². The Kier molecular flexibility index (Phi) is 5.25. The van der Waals surface area contributed by atoms with Gasteiger partial charge in [-0.25, -0.2) is 0 Å². The summed E-state index contributed by atoms with van der Waals surface area (Å²) in [6, 6.07) is 1.82. The molecule has 0 aliphatic heterocycles. The molecule has 0 unspecified atom stereocenters. The molecule has 0 saturated heterocycles. The van der Waals surface area contributed by atoms with Crippen LogP contribution in [0.25, 0.3) is 0 Å². The van der Waals surface area contributed by atoms with Gasteiger partial charge in [0.2, 0.25) is 0 Å². The smallest absolute Gasteiger partial charge is 0.139 e. The third kappa shape index (κ3) is 3.89. The third-order valence-electron chi connectivity index (χ3n) is 1.86. The van der Waals surface area contributed by atoms with Crippen molar-refractivity contribution in [2.75, 3.05) is 13.2 Å². The molecule has 0 aromatic carbocycles. The lowest BCUT2D eigenvalue weighted by atomic mass is 10.3. The van der Waals surface area contributed by atoms with E-state index in [1.54, 1.807) is 0 Å². The highest BCUT2D eigenvalue weighted by Gasteiger charge is 2.02. The summed E-state index contributed by atoms with van der Waals surface area (Å²) in [4.78, 5) is 0. The number of hydrogen-bond donors (Lipinski definition) is 1. The standard InChI is InChI=1S/C10H17NO3/c1-2-3-6-13-8-9-7-10(4-5-12)14-11-9/h7,12H,2-6,8H2,1H3. The summed E-state index contributed by atoms with van der Waals surface area (Å²) in [6.45, 7) is 3.47. The topological polar surface area (TPSA) is 55.5 Å². The van der Waals surface area contributed by atoms with Gasteiger partial charge in [0.15, 0.2) is 0 Å². The first-order chi connectivity index (χ1) is 6.86. The highest BCUT2D eigenvalue weighted by molar-refractivity contribution is 5.04. The number of nitrogens with zero attached hydrogens (tertiary/aromatic N) is 1. The van der Waals surface area contributed by atoms with E-state index in [9.17, 15) is 0 Å². The lowest BCUT2D eigenvalue weighted by Gasteiger charge is -1.98. The molecule has 4 nitrogen and oxygen atoms in total. The largest absolute Gasteiger partial charge is 0.396 e. The Morgan fingerprint density at radius 2 is 2.43 bits per heavy atom. The van der Waals surface area contributed by atoms with E-state index in [4.69, 9.17) is 14.4 Å². The molecule has 0 amide bonds. The third-order valence-corrected chi connectivity index (χ3v) is 1.86. The number of rotatable bonds is 7. The van der Waals surface area contributed by atoms with Gasteiger partial charge in [-0.3, -0.25) is 0 Å². The van der Waals surface area contributed by atoms with E-state index in [1.165, 1.54) is 0 Å². The molecule has 80 valence electrons. The first-order valence-corrected chi connectivity index (χ1v) is 5.00. The van der Waals surface area contributed by atoms with Crippen LogP contribution in [0.15, 0.2) is 10.6 Å². The van der Waals surface area contributed by atoms with Gasteiger partial charge in [0, 0.05) is 19.1 Å². The number of aromatic nitrogens is 1. The normalized spacial score (nSPS) is 10.7. The maximum atomic E-state index is 8.66. The molecule has 1 aromatic rings. The molecule has 0 bridgehead atoms. The minimum absolute atomic E-state index is 0.0886. The van der Waals surface area contributed by atoms with Crippen LogP contribution >= 0.6 is 0 Å². The number of ether oxygens (including phenoxy) is 1. The Morgan fingerprint density at radius 3 is 3.14 bits per heavy atom. The lowest BCUT2D eigenvalue weighted by molar-refractivity contribution is 0.113. The second-order valence-corrected chi connectivity index (χ2v) is 3.16. The SMILES string of the molecule is CCCCOCc1cc(CCO)on1. The summed E-state index contributed by atoms with van der Waals surface area (Å²) in [5.74, 6) is 0.710. The molecule has 0 atom stereocenters. The molecule has 1 heterocycles. The van der Waals surface area contributed by atoms with Crippen molar-refractivity contribution in [1.82, 2.24) is 5.16 Å². The Labute approximate surface area is 83.9 Å². The number of unbranched alkanes of at least 4 members (excludes halogenated alkanes) is 1. The summed E-state index contributed by atoms with van der Waals surface area (Å²) in [5.41, 5.74) is 0.796. The Balaban J connectivity index is 2.22. The summed E-state index contributed by atoms with van der Waals surface area (Å²) < 4.78 is 10.3. The molecule has 0 fully saturated rings. The first-order valence-electron chi connectivity index (χ1n) is 5.00. The minimum Gasteiger partial charge on any atom is -0.396 e. The average molecular weight is 199 g/mol. The van der Waals surface area contributed by atoms with E-state index < -0.39 is 0 Å². The van der Waals surface area contributed by atoms with E-state index in [-0.39, 0.29) is 6.61 Å². The van der Waals surface area contributed by atoms with Crippen LogP contribution < -0.4 is 0 Å². The van der Waals surface area contributed by atoms with Gasteiger partial charge in [0.25, 0.3) is 0 Å². The van der Waals surface area contributed by atoms with Crippen LogP contribution in [0, 0.1) is 0 Å². The zero-order chi connectivity index (χ0) is 10.2. The van der Waals surface area contributed by atoms with E-state index in [2.05, 4.69) is 12.1 Å². The van der Waals surface area contributed by atoms with Gasteiger partial charge >= 0.3 is 0 Å². The molecule has 0 aliphatic rings. The molecule has 1 aromatic heterocycles. The molecule has 0 aliphatic carbocycles. The van der Waals surface area contributed by atoms with Gasteiger partial charge in [-0.2, -0.15) is 0 Å². The molecule has 1 N–H and O–H groups in total. The fourth-order valence-corrected chi connectivity index (χ4v) is 1.07. The van der Waals surface area contributed by atoms with Crippen LogP contribution in [0.1, 0.15) is 31.2 Å². The van der Waals surface area contributed by atoms with Gasteiger partial charge in [0.1, 0.15) is 11.5 Å². The quantitative estimate of drug-likeness (QED) is 0.676. The van der Waals surface area contributed by atoms with Gasteiger partial charge < -0.3 is 14.4 Å². The molecular weight excluding hydrogens is 182 g/mol. The highest BCUT2D eigenvalue weighted by Crippen LogP contribution is 2.05. The maximum absolute atomic E-state index is 8.66. The zero-order valence-electron chi connectivity index (χ0n) is 8.53. The van der Waals surface area contributed by atoms with E-state index in [1.807, 2.05) is 6.07 Å². The van der Waals surface area contributed by atoms with Crippen molar-refractivity contribution < 1.29 is 14.4 Å². The van der Waals surface area contributed by atoms with Crippen LogP contribution in [0.3, 0.4) is 0 Å². The number of aliphatic hydroxyl groups is 1. The number of hydrogen-bond acceptors (Lipinski definition) is 4. The van der Waals surface area contributed by atoms with Crippen LogP contribution in [-0.2, 0) is 17.8 Å². The van der Waals surface area contributed by atoms with Gasteiger partial charge in [-0.15, -0.1) is 0 Å². The predicted molar refractivity (Wildman–Crippen MR) is 51.9 cm³/mol. The molecule has 4 heteroatoms. The van der Waals surface area contributed by atoms with Crippen LogP contribution in [-0.4, -0.2) is 23.5 Å².